The monoisotopic (exact) mass is 349 g/mol. The third-order valence-corrected chi connectivity index (χ3v) is 4.44. The summed E-state index contributed by atoms with van der Waals surface area (Å²) in [6.07, 6.45) is 2.13. The number of hydrogen-bond acceptors (Lipinski definition) is 4. The van der Waals surface area contributed by atoms with E-state index in [1.807, 2.05) is 24.3 Å². The van der Waals surface area contributed by atoms with E-state index in [4.69, 9.17) is 4.74 Å². The number of carbonyl (C=O) groups excluding carboxylic acids is 1. The van der Waals surface area contributed by atoms with Gasteiger partial charge in [-0.15, -0.1) is 0 Å². The van der Waals surface area contributed by atoms with Crippen molar-refractivity contribution < 1.29 is 9.53 Å². The normalized spacial score (nSPS) is 12.4. The number of anilines is 1. The summed E-state index contributed by atoms with van der Waals surface area (Å²) in [6.45, 7) is 13.1. The van der Waals surface area contributed by atoms with Gasteiger partial charge >= 0.3 is 0 Å². The average molecular weight is 350 g/mol. The lowest BCUT2D eigenvalue weighted by Crippen LogP contribution is -2.51. The fourth-order valence-electron chi connectivity index (χ4n) is 3.09. The molecule has 1 N–H and O–H groups in total. The topological polar surface area (TPSA) is 44.8 Å². The Bertz CT molecular complexity index is 507. The SMILES string of the molecule is CCCN(CC)CC(C(=O)Nc1ccccc1OC)N(CC)CCC. The summed E-state index contributed by atoms with van der Waals surface area (Å²) in [5.74, 6) is 0.725. The molecule has 1 amide bonds. The van der Waals surface area contributed by atoms with Crippen molar-refractivity contribution in [2.75, 3.05) is 45.2 Å². The summed E-state index contributed by atoms with van der Waals surface area (Å²) in [4.78, 5) is 17.7. The zero-order valence-electron chi connectivity index (χ0n) is 16.5. The first-order valence-corrected chi connectivity index (χ1v) is 9.51. The first kappa shape index (κ1) is 21.5. The molecule has 1 unspecified atom stereocenters. The molecule has 0 aromatic heterocycles. The number of ether oxygens (including phenoxy) is 1. The Morgan fingerprint density at radius 3 is 2.32 bits per heavy atom. The average Bonchev–Trinajstić information content (AvgIpc) is 2.63. The molecule has 1 rings (SSSR count). The molecule has 0 spiro atoms. The van der Waals surface area contributed by atoms with Crippen molar-refractivity contribution in [1.29, 1.82) is 0 Å². The minimum Gasteiger partial charge on any atom is -0.495 e. The highest BCUT2D eigenvalue weighted by Gasteiger charge is 2.27. The lowest BCUT2D eigenvalue weighted by Gasteiger charge is -2.33. The number of carbonyl (C=O) groups is 1. The van der Waals surface area contributed by atoms with E-state index in [0.717, 1.165) is 51.3 Å². The van der Waals surface area contributed by atoms with Crippen LogP contribution in [-0.2, 0) is 4.79 Å². The third-order valence-electron chi connectivity index (χ3n) is 4.44. The lowest BCUT2D eigenvalue weighted by molar-refractivity contribution is -0.122. The molecule has 25 heavy (non-hydrogen) atoms. The largest absolute Gasteiger partial charge is 0.495 e. The number of methoxy groups -OCH3 is 1. The minimum absolute atomic E-state index is 0.0364. The molecular weight excluding hydrogens is 314 g/mol. The van der Waals surface area contributed by atoms with Gasteiger partial charge in [0.15, 0.2) is 0 Å². The van der Waals surface area contributed by atoms with E-state index in [-0.39, 0.29) is 11.9 Å². The van der Waals surface area contributed by atoms with Crippen LogP contribution in [-0.4, -0.2) is 61.6 Å². The molecule has 0 saturated heterocycles. The predicted octanol–water partition coefficient (Wildman–Crippen LogP) is 3.47. The summed E-state index contributed by atoms with van der Waals surface area (Å²) in [5.41, 5.74) is 0.728. The Morgan fingerprint density at radius 2 is 1.76 bits per heavy atom. The summed E-state index contributed by atoms with van der Waals surface area (Å²) in [7, 11) is 1.62. The Balaban J connectivity index is 2.97. The molecule has 1 atom stereocenters. The van der Waals surface area contributed by atoms with Gasteiger partial charge in [-0.05, 0) is 51.2 Å². The number of para-hydroxylation sites is 2. The molecule has 5 heteroatoms. The Morgan fingerprint density at radius 1 is 1.08 bits per heavy atom. The molecule has 0 saturated carbocycles. The van der Waals surface area contributed by atoms with Crippen LogP contribution >= 0.6 is 0 Å². The van der Waals surface area contributed by atoms with Crippen molar-refractivity contribution >= 4 is 11.6 Å². The highest BCUT2D eigenvalue weighted by atomic mass is 16.5. The predicted molar refractivity (Wildman–Crippen MR) is 105 cm³/mol. The Hall–Kier alpha value is -1.59. The quantitative estimate of drug-likeness (QED) is 0.628. The van der Waals surface area contributed by atoms with Gasteiger partial charge in [0.25, 0.3) is 0 Å². The fraction of sp³-hybridized carbons (Fsp3) is 0.650. The second kappa shape index (κ2) is 11.9. The van der Waals surface area contributed by atoms with Gasteiger partial charge in [0.1, 0.15) is 11.8 Å². The molecule has 0 bridgehead atoms. The van der Waals surface area contributed by atoms with Gasteiger partial charge in [0, 0.05) is 6.54 Å². The molecule has 142 valence electrons. The number of nitrogens with one attached hydrogen (secondary N) is 1. The molecule has 0 aliphatic carbocycles. The maximum absolute atomic E-state index is 13.1. The van der Waals surface area contributed by atoms with E-state index in [0.29, 0.717) is 5.75 Å². The number of rotatable bonds is 12. The number of benzene rings is 1. The van der Waals surface area contributed by atoms with Gasteiger partial charge in [0.05, 0.1) is 12.8 Å². The van der Waals surface area contributed by atoms with Crippen LogP contribution in [0.25, 0.3) is 0 Å². The number of hydrogen-bond donors (Lipinski definition) is 1. The molecular formula is C20H35N3O2. The van der Waals surface area contributed by atoms with Crippen LogP contribution in [0.5, 0.6) is 5.75 Å². The van der Waals surface area contributed by atoms with E-state index in [9.17, 15) is 4.79 Å². The highest BCUT2D eigenvalue weighted by Crippen LogP contribution is 2.23. The Kier molecular flexibility index (Phi) is 10.2. The van der Waals surface area contributed by atoms with Gasteiger partial charge in [0.2, 0.25) is 5.91 Å². The minimum atomic E-state index is -0.165. The van der Waals surface area contributed by atoms with Crippen molar-refractivity contribution in [1.82, 2.24) is 9.80 Å². The van der Waals surface area contributed by atoms with Gasteiger partial charge in [-0.2, -0.15) is 0 Å². The van der Waals surface area contributed by atoms with Crippen LogP contribution in [0.1, 0.15) is 40.5 Å². The molecule has 0 heterocycles. The Labute approximate surface area is 153 Å². The van der Waals surface area contributed by atoms with Gasteiger partial charge < -0.3 is 15.0 Å². The van der Waals surface area contributed by atoms with Gasteiger partial charge in [-0.3, -0.25) is 9.69 Å². The van der Waals surface area contributed by atoms with Crippen molar-refractivity contribution in [2.24, 2.45) is 0 Å². The van der Waals surface area contributed by atoms with Crippen LogP contribution in [0.3, 0.4) is 0 Å². The van der Waals surface area contributed by atoms with Crippen LogP contribution in [0.15, 0.2) is 24.3 Å². The van der Waals surface area contributed by atoms with Crippen LogP contribution < -0.4 is 10.1 Å². The first-order valence-electron chi connectivity index (χ1n) is 9.51. The first-order chi connectivity index (χ1) is 12.1. The van der Waals surface area contributed by atoms with Crippen molar-refractivity contribution in [3.8, 4) is 5.75 Å². The van der Waals surface area contributed by atoms with E-state index in [2.05, 4.69) is 42.8 Å². The van der Waals surface area contributed by atoms with E-state index >= 15 is 0 Å². The maximum atomic E-state index is 13.1. The summed E-state index contributed by atoms with van der Waals surface area (Å²) >= 11 is 0. The summed E-state index contributed by atoms with van der Waals surface area (Å²) < 4.78 is 5.36. The van der Waals surface area contributed by atoms with Crippen molar-refractivity contribution in [2.45, 2.75) is 46.6 Å². The van der Waals surface area contributed by atoms with E-state index in [1.54, 1.807) is 7.11 Å². The fourth-order valence-corrected chi connectivity index (χ4v) is 3.09. The zero-order chi connectivity index (χ0) is 18.7. The molecule has 0 aliphatic heterocycles. The second-order valence-corrected chi connectivity index (χ2v) is 6.23. The highest BCUT2D eigenvalue weighted by molar-refractivity contribution is 5.96. The zero-order valence-corrected chi connectivity index (χ0v) is 16.5. The molecule has 0 aliphatic rings. The van der Waals surface area contributed by atoms with Gasteiger partial charge in [-0.25, -0.2) is 0 Å². The van der Waals surface area contributed by atoms with E-state index < -0.39 is 0 Å². The molecule has 0 radical (unpaired) electrons. The molecule has 1 aromatic carbocycles. The summed E-state index contributed by atoms with van der Waals surface area (Å²) in [6, 6.07) is 7.39. The van der Waals surface area contributed by atoms with Crippen LogP contribution in [0.4, 0.5) is 5.69 Å². The molecule has 5 nitrogen and oxygen atoms in total. The van der Waals surface area contributed by atoms with Crippen LogP contribution in [0, 0.1) is 0 Å². The lowest BCUT2D eigenvalue weighted by atomic mass is 10.1. The van der Waals surface area contributed by atoms with Crippen molar-refractivity contribution in [3.05, 3.63) is 24.3 Å². The molecule has 1 aromatic rings. The number of likely N-dealkylation sites (N-methyl/N-ethyl adjacent to an activating group) is 2. The smallest absolute Gasteiger partial charge is 0.243 e. The summed E-state index contributed by atoms with van der Waals surface area (Å²) in [5, 5.41) is 3.07. The number of amides is 1. The molecule has 0 fully saturated rings. The maximum Gasteiger partial charge on any atom is 0.243 e. The van der Waals surface area contributed by atoms with Crippen molar-refractivity contribution in [3.63, 3.8) is 0 Å². The number of nitrogens with zero attached hydrogens (tertiary/aromatic N) is 2. The third kappa shape index (κ3) is 6.67. The van der Waals surface area contributed by atoms with E-state index in [1.165, 1.54) is 0 Å². The standard InChI is InChI=1S/C20H35N3O2/c1-6-14-22(8-3)16-18(23(9-4)15-7-2)20(24)21-17-12-10-11-13-19(17)25-5/h10-13,18H,6-9,14-16H2,1-5H3,(H,21,24). The second-order valence-electron chi connectivity index (χ2n) is 6.23. The van der Waals surface area contributed by atoms with Crippen LogP contribution in [0.2, 0.25) is 0 Å². The van der Waals surface area contributed by atoms with Gasteiger partial charge in [-0.1, -0.05) is 39.8 Å².